The van der Waals surface area contributed by atoms with Gasteiger partial charge < -0.3 is 49.9 Å². The second-order valence-electron chi connectivity index (χ2n) is 17.7. The monoisotopic (exact) mass is 1150 g/mol. The van der Waals surface area contributed by atoms with Gasteiger partial charge in [0.2, 0.25) is 11.8 Å². The summed E-state index contributed by atoms with van der Waals surface area (Å²) >= 11 is 2.15. The zero-order valence-electron chi connectivity index (χ0n) is 45.3. The molecule has 6 heterocycles. The Morgan fingerprint density at radius 1 is 0.592 bits per heavy atom. The molecule has 0 radical (unpaired) electrons. The maximum absolute atomic E-state index is 13.1. The van der Waals surface area contributed by atoms with Gasteiger partial charge in [-0.05, 0) is 103 Å². The number of nitrogens with zero attached hydrogens (tertiary/aromatic N) is 7. The molecule has 2 fully saturated rings. The third-order valence-corrected chi connectivity index (χ3v) is 13.3. The standard InChI is InChI=1S/C29H30N4O4.C28H28N4O4.CH3I.Na.H/c1-19(20-9-6-5-7-10-20)33-17-22(32(2)29(33)34)18-37-28-23-11-8-14-30-25(23)16-24(31-28)21-12-13-26(35-3)27(15-21)36-4;1-18(19-8-5-4-6-9-19)32-16-21(30-28(32)33)17-36-27-22-10-7-13-29-24(22)15-23(31-27)20-11-12-25(34-2)26(14-20)35-3;1-2;;/h5-16,19,22H,17-18H2,1-4H3;4-15,18,21H,16-17H2,1-3H3,(H,30,33);1H3;;/q;;;+1;-1/t19-,22-;18-,21-;;;/m11.../s1. The van der Waals surface area contributed by atoms with Crippen LogP contribution in [0.5, 0.6) is 34.8 Å². The quantitative estimate of drug-likeness (QED) is 0.0562. The van der Waals surface area contributed by atoms with Crippen molar-refractivity contribution < 1.29 is 69.0 Å². The Kier molecular flexibility index (Phi) is 20.0. The van der Waals surface area contributed by atoms with E-state index in [2.05, 4.69) is 44.8 Å². The predicted octanol–water partition coefficient (Wildman–Crippen LogP) is 8.21. The van der Waals surface area contributed by atoms with Gasteiger partial charge in [-0.1, -0.05) is 83.3 Å². The average molecular weight is 1150 g/mol. The fourth-order valence-corrected chi connectivity index (χ4v) is 9.10. The number of carbonyl (C=O) groups is 2. The molecule has 8 aromatic rings. The summed E-state index contributed by atoms with van der Waals surface area (Å²) in [4.78, 5) is 51.8. The van der Waals surface area contributed by atoms with Gasteiger partial charge in [-0.2, -0.15) is 0 Å². The molecule has 2 aliphatic rings. The molecule has 4 atom stereocenters. The summed E-state index contributed by atoms with van der Waals surface area (Å²) in [5.74, 6) is 3.46. The zero-order chi connectivity index (χ0) is 53.0. The Bertz CT molecular complexity index is 3240. The molecule has 0 unspecified atom stereocenters. The number of rotatable bonds is 16. The minimum atomic E-state index is -0.165. The third-order valence-electron chi connectivity index (χ3n) is 13.3. The molecule has 10 rings (SSSR count). The fraction of sp³-hybridized carbons (Fsp3) is 0.276. The van der Waals surface area contributed by atoms with Crippen molar-refractivity contribution in [3.63, 3.8) is 0 Å². The summed E-state index contributed by atoms with van der Waals surface area (Å²) in [6.07, 6.45) is 3.49. The van der Waals surface area contributed by atoms with Crippen LogP contribution in [-0.4, -0.2) is 126 Å². The normalized spacial score (nSPS) is 15.6. The number of carbonyl (C=O) groups excluding carboxylic acids is 2. The minimum Gasteiger partial charge on any atom is -1.00 e. The Morgan fingerprint density at radius 3 is 1.53 bits per heavy atom. The summed E-state index contributed by atoms with van der Waals surface area (Å²) in [5, 5.41) is 4.65. The van der Waals surface area contributed by atoms with E-state index in [1.165, 1.54) is 0 Å². The predicted molar refractivity (Wildman–Crippen MR) is 301 cm³/mol. The first kappa shape index (κ1) is 56.8. The van der Waals surface area contributed by atoms with Crippen LogP contribution in [0.15, 0.2) is 146 Å². The Hall–Kier alpha value is -6.93. The van der Waals surface area contributed by atoms with Crippen LogP contribution < -0.4 is 63.3 Å². The number of amides is 4. The maximum Gasteiger partial charge on any atom is 1.00 e. The number of methoxy groups -OCH3 is 4. The summed E-state index contributed by atoms with van der Waals surface area (Å²) in [7, 11) is 8.23. The first-order chi connectivity index (χ1) is 36.6. The number of pyridine rings is 4. The largest absolute Gasteiger partial charge is 1.00 e. The molecule has 18 heteroatoms. The number of fused-ring (bicyclic) bond motifs is 2. The topological polar surface area (TPSA) is 163 Å². The van der Waals surface area contributed by atoms with Crippen molar-refractivity contribution in [1.29, 1.82) is 0 Å². The van der Waals surface area contributed by atoms with Gasteiger partial charge in [0.15, 0.2) is 23.0 Å². The van der Waals surface area contributed by atoms with E-state index < -0.39 is 0 Å². The number of nitrogens with one attached hydrogen (secondary N) is 1. The van der Waals surface area contributed by atoms with E-state index in [0.29, 0.717) is 65.8 Å². The van der Waals surface area contributed by atoms with Crippen molar-refractivity contribution in [2.45, 2.75) is 38.0 Å². The number of alkyl halides is 1. The van der Waals surface area contributed by atoms with E-state index in [-0.39, 0.29) is 73.8 Å². The van der Waals surface area contributed by atoms with Crippen molar-refractivity contribution >= 4 is 56.5 Å². The van der Waals surface area contributed by atoms with Gasteiger partial charge in [-0.15, -0.1) is 0 Å². The van der Waals surface area contributed by atoms with Crippen LogP contribution in [0.25, 0.3) is 44.3 Å². The van der Waals surface area contributed by atoms with E-state index in [0.717, 1.165) is 44.1 Å². The van der Waals surface area contributed by atoms with Crippen molar-refractivity contribution in [3.05, 3.63) is 157 Å². The molecule has 0 aliphatic carbocycles. The number of ether oxygens (including phenoxy) is 6. The third kappa shape index (κ3) is 12.8. The van der Waals surface area contributed by atoms with Crippen LogP contribution in [0.4, 0.5) is 9.59 Å². The first-order valence-electron chi connectivity index (χ1n) is 24.4. The molecule has 4 aromatic heterocycles. The van der Waals surface area contributed by atoms with Gasteiger partial charge >= 0.3 is 41.6 Å². The van der Waals surface area contributed by atoms with E-state index in [9.17, 15) is 9.59 Å². The molecule has 0 spiro atoms. The van der Waals surface area contributed by atoms with E-state index >= 15 is 0 Å². The molecule has 4 aromatic carbocycles. The second-order valence-corrected chi connectivity index (χ2v) is 17.7. The Morgan fingerprint density at radius 2 is 1.05 bits per heavy atom. The van der Waals surface area contributed by atoms with Gasteiger partial charge in [-0.25, -0.2) is 19.6 Å². The van der Waals surface area contributed by atoms with E-state index in [1.807, 2.05) is 162 Å². The van der Waals surface area contributed by atoms with Crippen LogP contribution in [0.3, 0.4) is 0 Å². The number of hydrogen-bond acceptors (Lipinski definition) is 12. The van der Waals surface area contributed by atoms with E-state index in [4.69, 9.17) is 38.4 Å². The molecular weight excluding hydrogens is 1090 g/mol. The van der Waals surface area contributed by atoms with Crippen molar-refractivity contribution in [2.24, 2.45) is 0 Å². The summed E-state index contributed by atoms with van der Waals surface area (Å²) < 4.78 is 34.2. The molecule has 2 saturated heterocycles. The smallest absolute Gasteiger partial charge is 1.00 e. The van der Waals surface area contributed by atoms with Gasteiger partial charge in [0.1, 0.15) is 13.2 Å². The van der Waals surface area contributed by atoms with Crippen LogP contribution in [0, 0.1) is 0 Å². The molecule has 0 bridgehead atoms. The van der Waals surface area contributed by atoms with Crippen LogP contribution in [0.2, 0.25) is 0 Å². The minimum absolute atomic E-state index is 0. The summed E-state index contributed by atoms with van der Waals surface area (Å²) in [6, 6.07) is 42.3. The number of likely N-dealkylation sites (N-methyl/N-ethyl adjacent to an activating group) is 1. The van der Waals surface area contributed by atoms with Crippen molar-refractivity contribution in [3.8, 4) is 57.3 Å². The molecule has 76 heavy (non-hydrogen) atoms. The maximum atomic E-state index is 13.1. The number of hydrogen-bond donors (Lipinski definition) is 1. The van der Waals surface area contributed by atoms with Gasteiger partial charge in [0.05, 0.1) is 85.8 Å². The summed E-state index contributed by atoms with van der Waals surface area (Å²) in [5.41, 5.74) is 6.84. The number of halogens is 1. The van der Waals surface area contributed by atoms with Crippen LogP contribution in [0.1, 0.15) is 38.5 Å². The molecular formula is C58H62IN8NaO8. The Labute approximate surface area is 481 Å². The Balaban J connectivity index is 0.000000236. The average Bonchev–Trinajstić information content (AvgIpc) is 3.99. The molecule has 16 nitrogen and oxygen atoms in total. The number of urea groups is 2. The van der Waals surface area contributed by atoms with Gasteiger partial charge in [0.25, 0.3) is 0 Å². The number of aromatic nitrogens is 4. The fourth-order valence-electron chi connectivity index (χ4n) is 9.10. The van der Waals surface area contributed by atoms with Crippen molar-refractivity contribution in [2.75, 3.05) is 66.7 Å². The van der Waals surface area contributed by atoms with E-state index in [1.54, 1.807) is 45.7 Å². The molecule has 2 aliphatic heterocycles. The van der Waals surface area contributed by atoms with Crippen LogP contribution >= 0.6 is 22.6 Å². The molecule has 1 N–H and O–H groups in total. The molecule has 0 saturated carbocycles. The summed E-state index contributed by atoms with van der Waals surface area (Å²) in [6.45, 7) is 5.79. The first-order valence-corrected chi connectivity index (χ1v) is 26.5. The second kappa shape index (κ2) is 26.7. The SMILES string of the molecule is CI.COc1ccc(-c2cc3ncccc3c(OC[C@H]3CN([C@H](C)c4ccccc4)C(=O)N3)n2)cc1OC.COc1ccc(-c2cc3ncccc3c(OC[C@H]3CN([C@H](C)c4ccccc4)C(=O)N3C)n2)cc1OC.[H-].[Na+]. The van der Waals surface area contributed by atoms with Gasteiger partial charge in [-0.3, -0.25) is 9.97 Å². The molecule has 390 valence electrons. The van der Waals surface area contributed by atoms with Crippen molar-refractivity contribution in [1.82, 2.24) is 40.0 Å². The number of benzene rings is 4. The van der Waals surface area contributed by atoms with Crippen LogP contribution in [-0.2, 0) is 0 Å². The van der Waals surface area contributed by atoms with Gasteiger partial charge in [0, 0.05) is 43.7 Å². The molecule has 4 amide bonds. The zero-order valence-corrected chi connectivity index (χ0v) is 48.4.